The molecule has 0 aromatic heterocycles. The number of phenolic OH excluding ortho intramolecular Hbond substituents is 1. The molecule has 0 aliphatic heterocycles. The molecule has 2 rings (SSSR count). The van der Waals surface area contributed by atoms with E-state index >= 15 is 0 Å². The van der Waals surface area contributed by atoms with E-state index in [2.05, 4.69) is 15.9 Å². The highest BCUT2D eigenvalue weighted by molar-refractivity contribution is 9.10. The number of phenols is 1. The summed E-state index contributed by atoms with van der Waals surface area (Å²) in [4.78, 5) is 10.7. The Bertz CT molecular complexity index is 455. The number of rotatable bonds is 3. The first-order valence-electron chi connectivity index (χ1n) is 4.85. The lowest BCUT2D eigenvalue weighted by Crippen LogP contribution is -2.15. The molecule has 0 heterocycles. The molecule has 0 radical (unpaired) electrons. The van der Waals surface area contributed by atoms with Crippen molar-refractivity contribution in [2.24, 2.45) is 0 Å². The van der Waals surface area contributed by atoms with Crippen LogP contribution in [0.5, 0.6) is 5.75 Å². The van der Waals surface area contributed by atoms with Crippen LogP contribution in [0.3, 0.4) is 0 Å². The zero-order chi connectivity index (χ0) is 11.9. The minimum Gasteiger partial charge on any atom is -0.507 e. The highest BCUT2D eigenvalue weighted by Gasteiger charge is 2.49. The van der Waals surface area contributed by atoms with Crippen LogP contribution in [0.4, 0.5) is 4.39 Å². The Labute approximate surface area is 100 Å². The van der Waals surface area contributed by atoms with Gasteiger partial charge in [0.2, 0.25) is 0 Å². The first-order chi connectivity index (χ1) is 7.46. The SMILES string of the molecule is O=C(O)CC1(c2c(F)ccc(O)c2Br)CC1. The van der Waals surface area contributed by atoms with Crippen molar-refractivity contribution in [3.63, 3.8) is 0 Å². The summed E-state index contributed by atoms with van der Waals surface area (Å²) in [5, 5.41) is 18.3. The highest BCUT2D eigenvalue weighted by Crippen LogP contribution is 2.55. The maximum absolute atomic E-state index is 13.7. The van der Waals surface area contributed by atoms with E-state index in [-0.39, 0.29) is 22.2 Å². The Kier molecular flexibility index (Phi) is 2.66. The summed E-state index contributed by atoms with van der Waals surface area (Å²) in [6.45, 7) is 0. The zero-order valence-electron chi connectivity index (χ0n) is 8.33. The van der Waals surface area contributed by atoms with E-state index in [0.29, 0.717) is 12.8 Å². The van der Waals surface area contributed by atoms with Crippen LogP contribution in [0.1, 0.15) is 24.8 Å². The molecule has 1 fully saturated rings. The molecule has 0 bridgehead atoms. The molecule has 0 amide bonds. The van der Waals surface area contributed by atoms with Crippen molar-refractivity contribution in [3.8, 4) is 5.75 Å². The van der Waals surface area contributed by atoms with E-state index in [1.807, 2.05) is 0 Å². The van der Waals surface area contributed by atoms with Crippen molar-refractivity contribution in [2.45, 2.75) is 24.7 Å². The van der Waals surface area contributed by atoms with E-state index < -0.39 is 17.2 Å². The lowest BCUT2D eigenvalue weighted by Gasteiger charge is -2.16. The summed E-state index contributed by atoms with van der Waals surface area (Å²) in [6, 6.07) is 2.41. The smallest absolute Gasteiger partial charge is 0.304 e. The number of carbonyl (C=O) groups is 1. The Hall–Kier alpha value is -1.10. The van der Waals surface area contributed by atoms with Gasteiger partial charge in [-0.3, -0.25) is 4.79 Å². The minimum atomic E-state index is -0.952. The molecule has 2 N–H and O–H groups in total. The first-order valence-corrected chi connectivity index (χ1v) is 5.65. The van der Waals surface area contributed by atoms with Gasteiger partial charge in [0.15, 0.2) is 0 Å². The van der Waals surface area contributed by atoms with Crippen molar-refractivity contribution in [2.75, 3.05) is 0 Å². The van der Waals surface area contributed by atoms with Gasteiger partial charge < -0.3 is 10.2 Å². The van der Waals surface area contributed by atoms with Crippen LogP contribution < -0.4 is 0 Å². The third-order valence-electron chi connectivity index (χ3n) is 2.94. The Morgan fingerprint density at radius 2 is 2.12 bits per heavy atom. The molecular weight excluding hydrogens is 279 g/mol. The van der Waals surface area contributed by atoms with E-state index in [1.54, 1.807) is 0 Å². The summed E-state index contributed by atoms with van der Waals surface area (Å²) in [5.74, 6) is -1.48. The topological polar surface area (TPSA) is 57.5 Å². The molecule has 1 aromatic rings. The quantitative estimate of drug-likeness (QED) is 0.899. The first kappa shape index (κ1) is 11.4. The van der Waals surface area contributed by atoms with Gasteiger partial charge in [-0.25, -0.2) is 4.39 Å². The summed E-state index contributed by atoms with van der Waals surface area (Å²) in [5.41, 5.74) is -0.358. The second-order valence-corrected chi connectivity index (χ2v) is 4.90. The second-order valence-electron chi connectivity index (χ2n) is 4.11. The predicted molar refractivity (Wildman–Crippen MR) is 58.9 cm³/mol. The van der Waals surface area contributed by atoms with Gasteiger partial charge in [-0.2, -0.15) is 0 Å². The van der Waals surface area contributed by atoms with Gasteiger partial charge in [-0.1, -0.05) is 0 Å². The molecule has 0 unspecified atom stereocenters. The summed E-state index contributed by atoms with van der Waals surface area (Å²) in [6.07, 6.45) is 1.17. The molecule has 1 aliphatic rings. The Morgan fingerprint density at radius 1 is 1.50 bits per heavy atom. The van der Waals surface area contributed by atoms with Gasteiger partial charge in [-0.15, -0.1) is 0 Å². The largest absolute Gasteiger partial charge is 0.507 e. The van der Waals surface area contributed by atoms with Crippen LogP contribution in [0.25, 0.3) is 0 Å². The molecule has 1 aliphatic carbocycles. The van der Waals surface area contributed by atoms with Crippen molar-refractivity contribution >= 4 is 21.9 Å². The van der Waals surface area contributed by atoms with Crippen molar-refractivity contribution in [1.82, 2.24) is 0 Å². The van der Waals surface area contributed by atoms with Crippen molar-refractivity contribution < 1.29 is 19.4 Å². The Balaban J connectivity index is 2.48. The Morgan fingerprint density at radius 3 is 2.62 bits per heavy atom. The summed E-state index contributed by atoms with van der Waals surface area (Å²) >= 11 is 3.11. The molecule has 16 heavy (non-hydrogen) atoms. The number of hydrogen-bond donors (Lipinski definition) is 2. The van der Waals surface area contributed by atoms with E-state index in [1.165, 1.54) is 6.07 Å². The van der Waals surface area contributed by atoms with Gasteiger partial charge >= 0.3 is 5.97 Å². The summed E-state index contributed by atoms with van der Waals surface area (Å²) in [7, 11) is 0. The van der Waals surface area contributed by atoms with E-state index in [0.717, 1.165) is 6.07 Å². The molecular formula is C11H10BrFO3. The number of benzene rings is 1. The number of aliphatic carboxylic acids is 1. The highest BCUT2D eigenvalue weighted by atomic mass is 79.9. The summed E-state index contributed by atoms with van der Waals surface area (Å²) < 4.78 is 14.0. The maximum Gasteiger partial charge on any atom is 0.304 e. The molecule has 0 spiro atoms. The number of aromatic hydroxyl groups is 1. The van der Waals surface area contributed by atoms with Crippen LogP contribution in [0.2, 0.25) is 0 Å². The standard InChI is InChI=1S/C11H10BrFO3/c12-10-7(14)2-1-6(13)9(10)11(3-4-11)5-8(15)16/h1-2,14H,3-5H2,(H,15,16). The van der Waals surface area contributed by atoms with E-state index in [9.17, 15) is 14.3 Å². The predicted octanol–water partition coefficient (Wildman–Crippen LogP) is 2.80. The van der Waals surface area contributed by atoms with E-state index in [4.69, 9.17) is 5.11 Å². The molecule has 1 aromatic carbocycles. The normalized spacial score (nSPS) is 17.1. The van der Waals surface area contributed by atoms with Gasteiger partial charge in [0, 0.05) is 11.0 Å². The fourth-order valence-electron chi connectivity index (χ4n) is 1.98. The van der Waals surface area contributed by atoms with Crippen LogP contribution in [-0.2, 0) is 10.2 Å². The number of carboxylic acids is 1. The van der Waals surface area contributed by atoms with Gasteiger partial charge in [0.1, 0.15) is 11.6 Å². The average molecular weight is 289 g/mol. The van der Waals surface area contributed by atoms with Crippen molar-refractivity contribution in [1.29, 1.82) is 0 Å². The van der Waals surface area contributed by atoms with Gasteiger partial charge in [-0.05, 0) is 40.9 Å². The second kappa shape index (κ2) is 3.73. The van der Waals surface area contributed by atoms with Crippen molar-refractivity contribution in [3.05, 3.63) is 28.0 Å². The van der Waals surface area contributed by atoms with Crippen LogP contribution in [-0.4, -0.2) is 16.2 Å². The van der Waals surface area contributed by atoms with Crippen LogP contribution >= 0.6 is 15.9 Å². The molecule has 3 nitrogen and oxygen atoms in total. The molecule has 1 saturated carbocycles. The maximum atomic E-state index is 13.7. The molecule has 86 valence electrons. The lowest BCUT2D eigenvalue weighted by molar-refractivity contribution is -0.137. The number of carboxylic acid groups (broad SMARTS) is 1. The monoisotopic (exact) mass is 288 g/mol. The lowest BCUT2D eigenvalue weighted by atomic mass is 9.92. The zero-order valence-corrected chi connectivity index (χ0v) is 9.92. The van der Waals surface area contributed by atoms with Gasteiger partial charge in [0.05, 0.1) is 10.9 Å². The number of hydrogen-bond acceptors (Lipinski definition) is 2. The fourth-order valence-corrected chi connectivity index (χ4v) is 2.73. The van der Waals surface area contributed by atoms with Crippen LogP contribution in [0.15, 0.2) is 16.6 Å². The molecule has 0 atom stereocenters. The third kappa shape index (κ3) is 1.80. The molecule has 5 heteroatoms. The fraction of sp³-hybridized carbons (Fsp3) is 0.364. The van der Waals surface area contributed by atoms with Crippen LogP contribution in [0, 0.1) is 5.82 Å². The van der Waals surface area contributed by atoms with Gasteiger partial charge in [0.25, 0.3) is 0 Å². The minimum absolute atomic E-state index is 0.0620. The average Bonchev–Trinajstić information content (AvgIpc) is 2.92. The molecule has 0 saturated heterocycles. The number of halogens is 2. The third-order valence-corrected chi connectivity index (χ3v) is 3.75.